The summed E-state index contributed by atoms with van der Waals surface area (Å²) in [4.78, 5) is 30.0. The number of ether oxygens (including phenoxy) is 1. The van der Waals surface area contributed by atoms with Crippen LogP contribution in [0.25, 0.3) is 0 Å². The van der Waals surface area contributed by atoms with Crippen LogP contribution in [0.15, 0.2) is 42.6 Å². The molecule has 28 heavy (non-hydrogen) atoms. The minimum Gasteiger partial charge on any atom is -0.465 e. The van der Waals surface area contributed by atoms with Crippen molar-refractivity contribution in [2.75, 3.05) is 25.1 Å². The van der Waals surface area contributed by atoms with Gasteiger partial charge in [-0.15, -0.1) is 12.4 Å². The van der Waals surface area contributed by atoms with Gasteiger partial charge in [0.1, 0.15) is 5.82 Å². The quantitative estimate of drug-likeness (QED) is 0.771. The fraction of sp³-hybridized carbons (Fsp3) is 0.350. The number of rotatable bonds is 5. The first-order valence-corrected chi connectivity index (χ1v) is 8.88. The SMILES string of the molecule is COC(=O)c1ccc(CNC(=O)C2CCN(c3cccc(F)c3)CC2)nc1.Cl. The first-order chi connectivity index (χ1) is 13.1. The van der Waals surface area contributed by atoms with E-state index in [-0.39, 0.29) is 30.0 Å². The molecule has 1 saturated heterocycles. The lowest BCUT2D eigenvalue weighted by Crippen LogP contribution is -2.40. The number of pyridine rings is 1. The Labute approximate surface area is 169 Å². The molecule has 1 N–H and O–H groups in total. The van der Waals surface area contributed by atoms with Crippen molar-refractivity contribution in [1.29, 1.82) is 0 Å². The van der Waals surface area contributed by atoms with Crippen LogP contribution in [0.2, 0.25) is 0 Å². The van der Waals surface area contributed by atoms with Crippen molar-refractivity contribution < 1.29 is 18.7 Å². The molecule has 0 radical (unpaired) electrons. The van der Waals surface area contributed by atoms with E-state index in [0.29, 0.717) is 30.9 Å². The number of benzene rings is 1. The highest BCUT2D eigenvalue weighted by Gasteiger charge is 2.25. The molecule has 150 valence electrons. The van der Waals surface area contributed by atoms with Crippen LogP contribution in [0.5, 0.6) is 0 Å². The number of esters is 1. The van der Waals surface area contributed by atoms with Crippen molar-refractivity contribution in [1.82, 2.24) is 10.3 Å². The lowest BCUT2D eigenvalue weighted by atomic mass is 9.95. The van der Waals surface area contributed by atoms with Gasteiger partial charge in [-0.1, -0.05) is 6.07 Å². The van der Waals surface area contributed by atoms with Crippen LogP contribution < -0.4 is 10.2 Å². The molecule has 1 fully saturated rings. The number of carbonyl (C=O) groups is 2. The van der Waals surface area contributed by atoms with Gasteiger partial charge < -0.3 is 15.0 Å². The number of hydrogen-bond acceptors (Lipinski definition) is 5. The molecule has 0 aliphatic carbocycles. The molecule has 0 spiro atoms. The third-order valence-corrected chi connectivity index (χ3v) is 4.73. The molecule has 6 nitrogen and oxygen atoms in total. The maximum atomic E-state index is 13.4. The van der Waals surface area contributed by atoms with Crippen LogP contribution in [0.4, 0.5) is 10.1 Å². The largest absolute Gasteiger partial charge is 0.465 e. The van der Waals surface area contributed by atoms with Gasteiger partial charge in [0.15, 0.2) is 0 Å². The molecule has 0 unspecified atom stereocenters. The highest BCUT2D eigenvalue weighted by atomic mass is 35.5. The fourth-order valence-electron chi connectivity index (χ4n) is 3.16. The standard InChI is InChI=1S/C20H22FN3O3.ClH/c1-27-20(26)15-5-6-17(22-12-15)13-23-19(25)14-7-9-24(10-8-14)18-4-2-3-16(21)11-18;/h2-6,11-12,14H,7-10,13H2,1H3,(H,23,25);1H. The molecular weight excluding hydrogens is 385 g/mol. The van der Waals surface area contributed by atoms with E-state index in [1.165, 1.54) is 25.4 Å². The van der Waals surface area contributed by atoms with Gasteiger partial charge in [-0.05, 0) is 43.2 Å². The number of carbonyl (C=O) groups excluding carboxylic acids is 2. The molecule has 2 heterocycles. The maximum Gasteiger partial charge on any atom is 0.339 e. The zero-order valence-electron chi connectivity index (χ0n) is 15.6. The molecule has 2 aromatic rings. The normalized spacial score (nSPS) is 14.1. The van der Waals surface area contributed by atoms with E-state index in [1.54, 1.807) is 18.2 Å². The van der Waals surface area contributed by atoms with Gasteiger partial charge in [0.2, 0.25) is 5.91 Å². The van der Waals surface area contributed by atoms with Crippen LogP contribution in [0.1, 0.15) is 28.9 Å². The zero-order chi connectivity index (χ0) is 19.2. The predicted octanol–water partition coefficient (Wildman–Crippen LogP) is 2.96. The number of amides is 1. The number of nitrogens with one attached hydrogen (secondary N) is 1. The van der Waals surface area contributed by atoms with Gasteiger partial charge in [-0.3, -0.25) is 9.78 Å². The van der Waals surface area contributed by atoms with E-state index in [0.717, 1.165) is 18.5 Å². The molecule has 8 heteroatoms. The van der Waals surface area contributed by atoms with Gasteiger partial charge in [0, 0.05) is 30.9 Å². The first kappa shape index (κ1) is 21.6. The summed E-state index contributed by atoms with van der Waals surface area (Å²) in [5.74, 6) is -0.766. The summed E-state index contributed by atoms with van der Waals surface area (Å²) in [6.45, 7) is 1.74. The number of aromatic nitrogens is 1. The molecular formula is C20H23ClFN3O3. The Balaban J connectivity index is 0.00000280. The molecule has 0 bridgehead atoms. The predicted molar refractivity (Wildman–Crippen MR) is 106 cm³/mol. The lowest BCUT2D eigenvalue weighted by molar-refractivity contribution is -0.125. The highest BCUT2D eigenvalue weighted by Crippen LogP contribution is 2.24. The average Bonchev–Trinajstić information content (AvgIpc) is 2.72. The Morgan fingerprint density at radius 1 is 1.25 bits per heavy atom. The number of hydrogen-bond donors (Lipinski definition) is 1. The van der Waals surface area contributed by atoms with E-state index >= 15 is 0 Å². The Morgan fingerprint density at radius 2 is 2.00 bits per heavy atom. The van der Waals surface area contributed by atoms with Crippen LogP contribution >= 0.6 is 12.4 Å². The molecule has 1 aromatic carbocycles. The number of anilines is 1. The van der Waals surface area contributed by atoms with E-state index in [4.69, 9.17) is 0 Å². The first-order valence-electron chi connectivity index (χ1n) is 8.88. The molecule has 0 atom stereocenters. The van der Waals surface area contributed by atoms with Gasteiger partial charge >= 0.3 is 5.97 Å². The summed E-state index contributed by atoms with van der Waals surface area (Å²) in [6, 6.07) is 9.84. The Kier molecular flexibility index (Phi) is 7.75. The zero-order valence-corrected chi connectivity index (χ0v) is 16.4. The van der Waals surface area contributed by atoms with Crippen molar-refractivity contribution >= 4 is 30.0 Å². The Bertz CT molecular complexity index is 809. The summed E-state index contributed by atoms with van der Waals surface area (Å²) in [6.07, 6.45) is 2.87. The van der Waals surface area contributed by atoms with E-state index < -0.39 is 5.97 Å². The molecule has 1 aromatic heterocycles. The highest BCUT2D eigenvalue weighted by molar-refractivity contribution is 5.88. The number of piperidine rings is 1. The minimum absolute atomic E-state index is 0. The minimum atomic E-state index is -0.442. The summed E-state index contributed by atoms with van der Waals surface area (Å²) in [5, 5.41) is 2.90. The molecule has 3 rings (SSSR count). The van der Waals surface area contributed by atoms with Gasteiger partial charge in [0.05, 0.1) is 24.9 Å². The smallest absolute Gasteiger partial charge is 0.339 e. The molecule has 1 amide bonds. The van der Waals surface area contributed by atoms with Crippen molar-refractivity contribution in [2.45, 2.75) is 19.4 Å². The number of halogens is 2. The molecule has 1 aliphatic rings. The molecule has 1 aliphatic heterocycles. The second-order valence-corrected chi connectivity index (χ2v) is 6.49. The fourth-order valence-corrected chi connectivity index (χ4v) is 3.16. The van der Waals surface area contributed by atoms with Crippen molar-refractivity contribution in [3.63, 3.8) is 0 Å². The van der Waals surface area contributed by atoms with Crippen LogP contribution in [0.3, 0.4) is 0 Å². The Hall–Kier alpha value is -2.67. The van der Waals surface area contributed by atoms with Gasteiger partial charge in [-0.25, -0.2) is 9.18 Å². The maximum absolute atomic E-state index is 13.4. The summed E-state index contributed by atoms with van der Waals surface area (Å²) < 4.78 is 18.0. The van der Waals surface area contributed by atoms with E-state index in [2.05, 4.69) is 19.9 Å². The third kappa shape index (κ3) is 5.42. The van der Waals surface area contributed by atoms with Crippen LogP contribution in [-0.2, 0) is 16.1 Å². The molecule has 0 saturated carbocycles. The second-order valence-electron chi connectivity index (χ2n) is 6.49. The van der Waals surface area contributed by atoms with Crippen LogP contribution in [-0.4, -0.2) is 37.1 Å². The van der Waals surface area contributed by atoms with E-state index in [9.17, 15) is 14.0 Å². The second kappa shape index (κ2) is 10.0. The van der Waals surface area contributed by atoms with Crippen molar-refractivity contribution in [2.24, 2.45) is 5.92 Å². The average molecular weight is 408 g/mol. The summed E-state index contributed by atoms with van der Waals surface area (Å²) in [7, 11) is 1.32. The Morgan fingerprint density at radius 3 is 2.61 bits per heavy atom. The van der Waals surface area contributed by atoms with Gasteiger partial charge in [0.25, 0.3) is 0 Å². The summed E-state index contributed by atoms with van der Waals surface area (Å²) in [5.41, 5.74) is 1.90. The summed E-state index contributed by atoms with van der Waals surface area (Å²) >= 11 is 0. The van der Waals surface area contributed by atoms with Gasteiger partial charge in [-0.2, -0.15) is 0 Å². The topological polar surface area (TPSA) is 71.5 Å². The van der Waals surface area contributed by atoms with Crippen LogP contribution in [0, 0.1) is 11.7 Å². The van der Waals surface area contributed by atoms with E-state index in [1.807, 2.05) is 6.07 Å². The van der Waals surface area contributed by atoms with Crippen molar-refractivity contribution in [3.05, 3.63) is 59.7 Å². The van der Waals surface area contributed by atoms with Crippen molar-refractivity contribution in [3.8, 4) is 0 Å². The number of nitrogens with zero attached hydrogens (tertiary/aromatic N) is 2. The third-order valence-electron chi connectivity index (χ3n) is 4.73. The lowest BCUT2D eigenvalue weighted by Gasteiger charge is -2.33. The number of methoxy groups -OCH3 is 1. The monoisotopic (exact) mass is 407 g/mol.